The lowest BCUT2D eigenvalue weighted by Crippen LogP contribution is -2.53. The lowest BCUT2D eigenvalue weighted by Gasteiger charge is -2.37. The minimum absolute atomic E-state index is 0. The summed E-state index contributed by atoms with van der Waals surface area (Å²) in [5.74, 6) is 0.540. The Balaban J connectivity index is 0.00000320. The van der Waals surface area contributed by atoms with Gasteiger partial charge < -0.3 is 20.4 Å². The van der Waals surface area contributed by atoms with E-state index in [4.69, 9.17) is 0 Å². The highest BCUT2D eigenvalue weighted by Crippen LogP contribution is 2.16. The van der Waals surface area contributed by atoms with E-state index in [9.17, 15) is 9.18 Å². The molecule has 162 valence electrons. The van der Waals surface area contributed by atoms with Crippen molar-refractivity contribution in [2.75, 3.05) is 51.2 Å². The summed E-state index contributed by atoms with van der Waals surface area (Å²) in [7, 11) is 1.76. The molecule has 1 heterocycles. The first-order chi connectivity index (χ1) is 14.1. The number of nitrogens with one attached hydrogen (secondary N) is 2. The van der Waals surface area contributed by atoms with E-state index in [1.54, 1.807) is 7.05 Å². The maximum absolute atomic E-state index is 13.1. The number of guanidine groups is 1. The monoisotopic (exact) mass is 525 g/mol. The minimum Gasteiger partial charge on any atom is -0.368 e. The van der Waals surface area contributed by atoms with E-state index in [2.05, 4.69) is 25.4 Å². The van der Waals surface area contributed by atoms with Crippen molar-refractivity contribution in [2.24, 2.45) is 4.99 Å². The zero-order chi connectivity index (χ0) is 20.6. The van der Waals surface area contributed by atoms with E-state index in [1.165, 1.54) is 12.1 Å². The second kappa shape index (κ2) is 11.7. The molecule has 0 bridgehead atoms. The van der Waals surface area contributed by atoms with Gasteiger partial charge in [0.25, 0.3) is 5.91 Å². The van der Waals surface area contributed by atoms with Gasteiger partial charge in [-0.05, 0) is 43.3 Å². The Morgan fingerprint density at radius 1 is 1.03 bits per heavy atom. The number of piperazine rings is 1. The van der Waals surface area contributed by atoms with Gasteiger partial charge in [-0.15, -0.1) is 24.0 Å². The molecule has 1 aliphatic rings. The predicted molar refractivity (Wildman–Crippen MR) is 130 cm³/mol. The number of rotatable bonds is 5. The second-order valence-corrected chi connectivity index (χ2v) is 7.05. The summed E-state index contributed by atoms with van der Waals surface area (Å²) in [5, 5.41) is 6.24. The smallest absolute Gasteiger partial charge is 0.251 e. The Labute approximate surface area is 194 Å². The topological polar surface area (TPSA) is 60.0 Å². The molecule has 2 aromatic rings. The summed E-state index contributed by atoms with van der Waals surface area (Å²) in [5.41, 5.74) is 2.77. The number of benzene rings is 2. The Kier molecular flexibility index (Phi) is 9.35. The summed E-state index contributed by atoms with van der Waals surface area (Å²) in [6.45, 7) is 6.42. The Morgan fingerprint density at radius 2 is 1.70 bits per heavy atom. The average Bonchev–Trinajstić information content (AvgIpc) is 2.74. The maximum atomic E-state index is 13.1. The van der Waals surface area contributed by atoms with Crippen LogP contribution in [-0.2, 0) is 0 Å². The number of aliphatic imine (C=N–C) groups is 1. The van der Waals surface area contributed by atoms with Crippen LogP contribution in [0.2, 0.25) is 0 Å². The van der Waals surface area contributed by atoms with Crippen molar-refractivity contribution >= 4 is 41.5 Å². The van der Waals surface area contributed by atoms with Crippen LogP contribution in [0.15, 0.2) is 53.5 Å². The number of carbonyl (C=O) groups is 1. The molecule has 30 heavy (non-hydrogen) atoms. The number of amides is 1. The van der Waals surface area contributed by atoms with Crippen LogP contribution in [0.4, 0.5) is 10.1 Å². The molecular formula is C22H29FIN5O. The van der Waals surface area contributed by atoms with Crippen LogP contribution in [-0.4, -0.2) is 63.1 Å². The fraction of sp³-hybridized carbons (Fsp3) is 0.364. The van der Waals surface area contributed by atoms with Crippen molar-refractivity contribution in [2.45, 2.75) is 6.92 Å². The molecule has 3 rings (SSSR count). The highest BCUT2D eigenvalue weighted by atomic mass is 127. The quantitative estimate of drug-likeness (QED) is 0.273. The van der Waals surface area contributed by atoms with Crippen LogP contribution in [0, 0.1) is 12.7 Å². The number of anilines is 1. The molecule has 0 radical (unpaired) electrons. The standard InChI is InChI=1S/C22H28FN5O.HI/c1-17-4-3-5-18(16-17)21(29)25-10-11-26-22(24-2)28-14-12-27(13-15-28)20-8-6-19(23)7-9-20;/h3-9,16H,10-15H2,1-2H3,(H,24,26)(H,25,29);1H. The number of hydrogen-bond acceptors (Lipinski definition) is 3. The molecule has 0 spiro atoms. The van der Waals surface area contributed by atoms with Gasteiger partial charge in [-0.3, -0.25) is 9.79 Å². The molecule has 1 aliphatic heterocycles. The van der Waals surface area contributed by atoms with Crippen LogP contribution < -0.4 is 15.5 Å². The zero-order valence-electron chi connectivity index (χ0n) is 17.4. The van der Waals surface area contributed by atoms with E-state index in [1.807, 2.05) is 43.3 Å². The molecule has 8 heteroatoms. The predicted octanol–water partition coefficient (Wildman–Crippen LogP) is 2.88. The van der Waals surface area contributed by atoms with E-state index in [0.717, 1.165) is 43.4 Å². The van der Waals surface area contributed by atoms with Crippen molar-refractivity contribution < 1.29 is 9.18 Å². The van der Waals surface area contributed by atoms with Gasteiger partial charge >= 0.3 is 0 Å². The second-order valence-electron chi connectivity index (χ2n) is 7.05. The number of nitrogens with zero attached hydrogens (tertiary/aromatic N) is 3. The maximum Gasteiger partial charge on any atom is 0.251 e. The summed E-state index contributed by atoms with van der Waals surface area (Å²) < 4.78 is 13.1. The van der Waals surface area contributed by atoms with E-state index in [0.29, 0.717) is 18.7 Å². The fourth-order valence-corrected chi connectivity index (χ4v) is 3.40. The van der Waals surface area contributed by atoms with Crippen LogP contribution >= 0.6 is 24.0 Å². The molecule has 0 saturated carbocycles. The molecule has 1 saturated heterocycles. The minimum atomic E-state index is -0.216. The van der Waals surface area contributed by atoms with Gasteiger partial charge in [0.05, 0.1) is 0 Å². The Morgan fingerprint density at radius 3 is 2.33 bits per heavy atom. The molecule has 0 atom stereocenters. The largest absolute Gasteiger partial charge is 0.368 e. The fourth-order valence-electron chi connectivity index (χ4n) is 3.40. The summed E-state index contributed by atoms with van der Waals surface area (Å²) >= 11 is 0. The van der Waals surface area contributed by atoms with Crippen molar-refractivity contribution in [3.63, 3.8) is 0 Å². The van der Waals surface area contributed by atoms with Gasteiger partial charge in [-0.2, -0.15) is 0 Å². The number of carbonyl (C=O) groups excluding carboxylic acids is 1. The molecule has 0 aliphatic carbocycles. The normalized spacial score (nSPS) is 14.2. The first kappa shape index (κ1) is 23.9. The van der Waals surface area contributed by atoms with Crippen LogP contribution in [0.25, 0.3) is 0 Å². The highest BCUT2D eigenvalue weighted by molar-refractivity contribution is 14.0. The highest BCUT2D eigenvalue weighted by Gasteiger charge is 2.19. The first-order valence-corrected chi connectivity index (χ1v) is 9.88. The third kappa shape index (κ3) is 6.58. The van der Waals surface area contributed by atoms with Crippen LogP contribution in [0.1, 0.15) is 15.9 Å². The molecular weight excluding hydrogens is 496 g/mol. The van der Waals surface area contributed by atoms with E-state index < -0.39 is 0 Å². The van der Waals surface area contributed by atoms with E-state index >= 15 is 0 Å². The van der Waals surface area contributed by atoms with Gasteiger partial charge in [0.2, 0.25) is 0 Å². The van der Waals surface area contributed by atoms with Gasteiger partial charge in [-0.1, -0.05) is 17.7 Å². The molecule has 2 aromatic carbocycles. The summed E-state index contributed by atoms with van der Waals surface area (Å²) in [6.07, 6.45) is 0. The molecule has 0 unspecified atom stereocenters. The van der Waals surface area contributed by atoms with Crippen molar-refractivity contribution in [3.8, 4) is 0 Å². The lowest BCUT2D eigenvalue weighted by atomic mass is 10.1. The number of hydrogen-bond donors (Lipinski definition) is 2. The van der Waals surface area contributed by atoms with Gasteiger partial charge in [-0.25, -0.2) is 4.39 Å². The van der Waals surface area contributed by atoms with Gasteiger partial charge in [0.15, 0.2) is 5.96 Å². The van der Waals surface area contributed by atoms with Crippen LogP contribution in [0.3, 0.4) is 0 Å². The van der Waals surface area contributed by atoms with E-state index in [-0.39, 0.29) is 35.7 Å². The number of aryl methyl sites for hydroxylation is 1. The molecule has 0 aromatic heterocycles. The van der Waals surface area contributed by atoms with Gasteiger partial charge in [0, 0.05) is 57.6 Å². The summed E-state index contributed by atoms with van der Waals surface area (Å²) in [6, 6.07) is 14.2. The van der Waals surface area contributed by atoms with Gasteiger partial charge in [0.1, 0.15) is 5.82 Å². The van der Waals surface area contributed by atoms with Crippen molar-refractivity contribution in [3.05, 3.63) is 65.5 Å². The summed E-state index contributed by atoms with van der Waals surface area (Å²) in [4.78, 5) is 21.0. The average molecular weight is 525 g/mol. The zero-order valence-corrected chi connectivity index (χ0v) is 19.7. The lowest BCUT2D eigenvalue weighted by molar-refractivity contribution is 0.0954. The van der Waals surface area contributed by atoms with Crippen LogP contribution in [0.5, 0.6) is 0 Å². The van der Waals surface area contributed by atoms with Crippen molar-refractivity contribution in [1.29, 1.82) is 0 Å². The number of halogens is 2. The third-order valence-corrected chi connectivity index (χ3v) is 4.96. The SMILES string of the molecule is CN=C(NCCNC(=O)c1cccc(C)c1)N1CCN(c2ccc(F)cc2)CC1.I. The van der Waals surface area contributed by atoms with Crippen molar-refractivity contribution in [1.82, 2.24) is 15.5 Å². The molecule has 2 N–H and O–H groups in total. The molecule has 6 nitrogen and oxygen atoms in total. The molecule has 1 fully saturated rings. The Bertz CT molecular complexity index is 851. The third-order valence-electron chi connectivity index (χ3n) is 4.96. The first-order valence-electron chi connectivity index (χ1n) is 9.88. The molecule has 1 amide bonds. The Hall–Kier alpha value is -2.36.